The van der Waals surface area contributed by atoms with Crippen LogP contribution in [0.25, 0.3) is 0 Å². The maximum atomic E-state index is 10.3. The Labute approximate surface area is 116 Å². The van der Waals surface area contributed by atoms with Gasteiger partial charge in [0.2, 0.25) is 0 Å². The van der Waals surface area contributed by atoms with Crippen molar-refractivity contribution in [1.82, 2.24) is 4.90 Å². The molecule has 0 bridgehead atoms. The lowest BCUT2D eigenvalue weighted by molar-refractivity contribution is -0.134. The third-order valence-corrected chi connectivity index (χ3v) is 2.82. The SMILES string of the molecule is O=C[C@H](O)[C@@H](O)[C@H](O)[C@H](O)CN(CCCl)CCCl. The van der Waals surface area contributed by atoms with E-state index in [1.165, 1.54) is 0 Å². The number of aldehydes is 1. The highest BCUT2D eigenvalue weighted by molar-refractivity contribution is 6.18. The number of rotatable bonds is 10. The van der Waals surface area contributed by atoms with E-state index < -0.39 is 24.4 Å². The maximum absolute atomic E-state index is 10.3. The number of hydrogen-bond donors (Lipinski definition) is 4. The minimum Gasteiger partial charge on any atom is -0.389 e. The van der Waals surface area contributed by atoms with Crippen LogP contribution in [0.4, 0.5) is 0 Å². The van der Waals surface area contributed by atoms with Gasteiger partial charge in [0.1, 0.15) is 18.3 Å². The minimum absolute atomic E-state index is 0.0310. The van der Waals surface area contributed by atoms with Gasteiger partial charge in [-0.1, -0.05) is 0 Å². The zero-order valence-electron chi connectivity index (χ0n) is 9.82. The standard InChI is InChI=1S/C10H19Cl2NO5/c11-1-3-13(4-2-12)5-7(15)9(17)10(18)8(16)6-14/h6-10,15-18H,1-5H2/t7-,8+,9-,10-/m1/s1. The van der Waals surface area contributed by atoms with E-state index in [1.807, 2.05) is 0 Å². The lowest BCUT2D eigenvalue weighted by Gasteiger charge is -2.29. The van der Waals surface area contributed by atoms with Crippen LogP contribution in [0.1, 0.15) is 0 Å². The van der Waals surface area contributed by atoms with E-state index in [0.717, 1.165) is 0 Å². The molecule has 0 spiro atoms. The Morgan fingerprint density at radius 3 is 1.89 bits per heavy atom. The number of aliphatic hydroxyl groups is 4. The van der Waals surface area contributed by atoms with Gasteiger partial charge in [0, 0.05) is 31.4 Å². The molecular weight excluding hydrogens is 285 g/mol. The minimum atomic E-state index is -1.73. The van der Waals surface area contributed by atoms with Crippen LogP contribution in [0.2, 0.25) is 0 Å². The maximum Gasteiger partial charge on any atom is 0.151 e. The van der Waals surface area contributed by atoms with Crippen LogP contribution in [0.5, 0.6) is 0 Å². The fraction of sp³-hybridized carbons (Fsp3) is 0.900. The summed E-state index contributed by atoms with van der Waals surface area (Å²) in [6.45, 7) is 0.956. The van der Waals surface area contributed by atoms with Gasteiger partial charge in [-0.3, -0.25) is 4.90 Å². The Bertz CT molecular complexity index is 228. The van der Waals surface area contributed by atoms with Crippen molar-refractivity contribution >= 4 is 29.5 Å². The van der Waals surface area contributed by atoms with Gasteiger partial charge >= 0.3 is 0 Å². The second kappa shape index (κ2) is 9.91. The van der Waals surface area contributed by atoms with Crippen molar-refractivity contribution in [3.63, 3.8) is 0 Å². The molecule has 0 saturated heterocycles. The average Bonchev–Trinajstić information content (AvgIpc) is 2.36. The molecule has 0 aliphatic heterocycles. The Balaban J connectivity index is 4.34. The molecule has 0 rings (SSSR count). The van der Waals surface area contributed by atoms with Crippen LogP contribution < -0.4 is 0 Å². The first-order chi connectivity index (χ1) is 8.47. The van der Waals surface area contributed by atoms with Gasteiger partial charge in [-0.05, 0) is 0 Å². The first-order valence-electron chi connectivity index (χ1n) is 5.49. The molecule has 18 heavy (non-hydrogen) atoms. The molecule has 0 unspecified atom stereocenters. The van der Waals surface area contributed by atoms with E-state index in [9.17, 15) is 20.1 Å². The predicted molar refractivity (Wildman–Crippen MR) is 68.0 cm³/mol. The molecule has 4 atom stereocenters. The van der Waals surface area contributed by atoms with Gasteiger partial charge < -0.3 is 25.2 Å². The molecule has 0 saturated carbocycles. The molecule has 0 fully saturated rings. The second-order valence-electron chi connectivity index (χ2n) is 3.85. The molecule has 0 radical (unpaired) electrons. The number of alkyl halides is 2. The molecule has 0 amide bonds. The largest absolute Gasteiger partial charge is 0.389 e. The number of hydrogen-bond acceptors (Lipinski definition) is 6. The van der Waals surface area contributed by atoms with Crippen molar-refractivity contribution < 1.29 is 25.2 Å². The summed E-state index contributed by atoms with van der Waals surface area (Å²) in [7, 11) is 0. The zero-order chi connectivity index (χ0) is 14.1. The average molecular weight is 304 g/mol. The van der Waals surface area contributed by atoms with E-state index in [-0.39, 0.29) is 12.8 Å². The van der Waals surface area contributed by atoms with Gasteiger partial charge in [0.05, 0.1) is 6.10 Å². The third kappa shape index (κ3) is 6.29. The molecule has 0 aliphatic rings. The van der Waals surface area contributed by atoms with Crippen molar-refractivity contribution in [2.75, 3.05) is 31.4 Å². The Morgan fingerprint density at radius 2 is 1.50 bits per heavy atom. The van der Waals surface area contributed by atoms with Crippen LogP contribution in [-0.4, -0.2) is 87.4 Å². The van der Waals surface area contributed by atoms with Gasteiger partial charge in [0.15, 0.2) is 6.29 Å². The fourth-order valence-corrected chi connectivity index (χ4v) is 1.89. The summed E-state index contributed by atoms with van der Waals surface area (Å²) >= 11 is 11.1. The van der Waals surface area contributed by atoms with Crippen molar-refractivity contribution in [2.45, 2.75) is 24.4 Å². The van der Waals surface area contributed by atoms with Gasteiger partial charge in [0.25, 0.3) is 0 Å². The van der Waals surface area contributed by atoms with E-state index in [0.29, 0.717) is 24.8 Å². The van der Waals surface area contributed by atoms with Crippen LogP contribution in [-0.2, 0) is 4.79 Å². The van der Waals surface area contributed by atoms with Crippen molar-refractivity contribution in [2.24, 2.45) is 0 Å². The van der Waals surface area contributed by atoms with E-state index in [1.54, 1.807) is 4.90 Å². The van der Waals surface area contributed by atoms with Gasteiger partial charge in [-0.15, -0.1) is 23.2 Å². The van der Waals surface area contributed by atoms with Crippen molar-refractivity contribution in [3.05, 3.63) is 0 Å². The fourth-order valence-electron chi connectivity index (χ4n) is 1.42. The summed E-state index contributed by atoms with van der Waals surface area (Å²) < 4.78 is 0. The normalized spacial score (nSPS) is 18.4. The Morgan fingerprint density at radius 1 is 1.00 bits per heavy atom. The van der Waals surface area contributed by atoms with Gasteiger partial charge in [-0.2, -0.15) is 0 Å². The monoisotopic (exact) mass is 303 g/mol. The molecule has 8 heteroatoms. The molecular formula is C10H19Cl2NO5. The summed E-state index contributed by atoms with van der Waals surface area (Å²) in [5.41, 5.74) is 0. The second-order valence-corrected chi connectivity index (χ2v) is 4.61. The number of aliphatic hydroxyl groups excluding tert-OH is 4. The first-order valence-corrected chi connectivity index (χ1v) is 6.56. The summed E-state index contributed by atoms with van der Waals surface area (Å²) in [6, 6.07) is 0. The molecule has 0 aromatic rings. The summed E-state index contributed by atoms with van der Waals surface area (Å²) in [5.74, 6) is 0.665. The van der Waals surface area contributed by atoms with E-state index in [4.69, 9.17) is 28.3 Å². The Kier molecular flexibility index (Phi) is 9.94. The smallest absolute Gasteiger partial charge is 0.151 e. The molecule has 108 valence electrons. The highest BCUT2D eigenvalue weighted by atomic mass is 35.5. The molecule has 6 nitrogen and oxygen atoms in total. The lowest BCUT2D eigenvalue weighted by atomic mass is 10.0. The topological polar surface area (TPSA) is 101 Å². The zero-order valence-corrected chi connectivity index (χ0v) is 11.3. The quantitative estimate of drug-likeness (QED) is 0.287. The Hall–Kier alpha value is 0.0500. The molecule has 0 aliphatic carbocycles. The van der Waals surface area contributed by atoms with Crippen LogP contribution >= 0.6 is 23.2 Å². The van der Waals surface area contributed by atoms with Crippen LogP contribution in [0.3, 0.4) is 0 Å². The van der Waals surface area contributed by atoms with E-state index >= 15 is 0 Å². The lowest BCUT2D eigenvalue weighted by Crippen LogP contribution is -2.49. The number of carbonyl (C=O) groups excluding carboxylic acids is 1. The molecule has 0 aromatic heterocycles. The molecule has 4 N–H and O–H groups in total. The van der Waals surface area contributed by atoms with Gasteiger partial charge in [-0.25, -0.2) is 0 Å². The highest BCUT2D eigenvalue weighted by Crippen LogP contribution is 2.06. The third-order valence-electron chi connectivity index (χ3n) is 2.48. The first kappa shape index (κ1) is 18.0. The highest BCUT2D eigenvalue weighted by Gasteiger charge is 2.30. The predicted octanol–water partition coefficient (Wildman–Crippen LogP) is -1.59. The van der Waals surface area contributed by atoms with Crippen molar-refractivity contribution in [1.29, 1.82) is 0 Å². The van der Waals surface area contributed by atoms with Crippen molar-refractivity contribution in [3.8, 4) is 0 Å². The number of halogens is 2. The number of nitrogens with zero attached hydrogens (tertiary/aromatic N) is 1. The summed E-state index contributed by atoms with van der Waals surface area (Å²) in [6.07, 6.45) is -6.31. The molecule has 0 aromatic carbocycles. The summed E-state index contributed by atoms with van der Waals surface area (Å²) in [4.78, 5) is 12.0. The summed E-state index contributed by atoms with van der Waals surface area (Å²) in [5, 5.41) is 37.7. The van der Waals surface area contributed by atoms with E-state index in [2.05, 4.69) is 0 Å². The van der Waals surface area contributed by atoms with Crippen LogP contribution in [0.15, 0.2) is 0 Å². The van der Waals surface area contributed by atoms with Crippen LogP contribution in [0, 0.1) is 0 Å². The molecule has 0 heterocycles. The number of carbonyl (C=O) groups is 1.